The molecule has 12 nitrogen and oxygen atoms in total. The van der Waals surface area contributed by atoms with Crippen LogP contribution in [0.2, 0.25) is 0 Å². The van der Waals surface area contributed by atoms with E-state index in [-0.39, 0.29) is 0 Å². The van der Waals surface area contributed by atoms with Gasteiger partial charge in [-0.05, 0) is 166 Å². The Morgan fingerprint density at radius 3 is 0.800 bits per heavy atom. The highest BCUT2D eigenvalue weighted by molar-refractivity contribution is 6.37. The maximum Gasteiger partial charge on any atom is 0.235 e. The largest absolute Gasteiger partial charge is 0.308 e. The van der Waals surface area contributed by atoms with Crippen LogP contribution in [-0.4, -0.2) is 56.8 Å². The van der Waals surface area contributed by atoms with Gasteiger partial charge in [-0.25, -0.2) is 29.9 Å². The lowest BCUT2D eigenvalue weighted by molar-refractivity contribution is 1.01. The van der Waals surface area contributed by atoms with E-state index < -0.39 is 0 Å². The summed E-state index contributed by atoms with van der Waals surface area (Å²) in [4.78, 5) is 32.5. The average Bonchev–Trinajstić information content (AvgIpc) is 1.47. The number of hydrogen-bond acceptors (Lipinski definition) is 6. The summed E-state index contributed by atoms with van der Waals surface area (Å²) in [5.41, 5.74) is 26.3. The molecule has 0 fully saturated rings. The van der Waals surface area contributed by atoms with Crippen LogP contribution in [0, 0.1) is 0 Å². The van der Waals surface area contributed by atoms with Gasteiger partial charge in [0.1, 0.15) is 0 Å². The molecule has 0 unspecified atom stereocenters. The van der Waals surface area contributed by atoms with Crippen molar-refractivity contribution >= 4 is 277 Å². The SMILES string of the molecule is c1ccc(-c2nc(-n3c4cccc5c6cccc7c8c9ccccc9ccc8n(c8cccc3c8c54)c67)nc3ccc4ccccc4c23)cc1.c1ccc(-c2nc(-n3c4cccc5c6cccc7c8cc9ccccc9cc8n(c8cccc3c8c54)c67)nc3ccc4ccccc4c23)cc1.c1ccc(-c2nc(-n3c4cccc5c6cccc7c8ccc9ccccc9c8n(c8cccc3c8c54)c67)nc3ccc4ccccc4c23)cc1. The van der Waals surface area contributed by atoms with Gasteiger partial charge in [0.15, 0.2) is 0 Å². The van der Waals surface area contributed by atoms with Crippen molar-refractivity contribution in [1.29, 1.82) is 0 Å². The molecule has 0 aliphatic carbocycles. The minimum absolute atomic E-state index is 0.669. The molecule has 24 aromatic carbocycles. The van der Waals surface area contributed by atoms with Crippen molar-refractivity contribution in [2.45, 2.75) is 0 Å². The highest BCUT2D eigenvalue weighted by Crippen LogP contribution is 2.52. The van der Waals surface area contributed by atoms with Crippen LogP contribution in [0.25, 0.3) is 329 Å². The Labute approximate surface area is 852 Å². The van der Waals surface area contributed by atoms with E-state index in [0.717, 1.165) is 116 Å². The fraction of sp³-hybridized carbons (Fsp3) is 0. The van der Waals surface area contributed by atoms with Crippen molar-refractivity contribution in [3.05, 3.63) is 473 Å². The van der Waals surface area contributed by atoms with Crippen molar-refractivity contribution < 1.29 is 0 Å². The first kappa shape index (κ1) is 81.1. The molecule has 150 heavy (non-hydrogen) atoms. The van der Waals surface area contributed by atoms with Crippen LogP contribution in [-0.2, 0) is 0 Å². The summed E-state index contributed by atoms with van der Waals surface area (Å²) >= 11 is 0. The maximum atomic E-state index is 5.48. The quantitative estimate of drug-likeness (QED) is 0.154. The molecule has 0 N–H and O–H groups in total. The van der Waals surface area contributed by atoms with Crippen LogP contribution in [0.1, 0.15) is 0 Å². The van der Waals surface area contributed by atoms with Gasteiger partial charge in [-0.1, -0.05) is 382 Å². The molecule has 0 radical (unpaired) electrons. The number of fused-ring (bicyclic) bond motifs is 29. The van der Waals surface area contributed by atoms with Crippen LogP contribution in [0.4, 0.5) is 0 Å². The molecule has 12 aromatic heterocycles. The Hall–Kier alpha value is -20.3. The summed E-state index contributed by atoms with van der Waals surface area (Å²) in [6.07, 6.45) is 0. The Morgan fingerprint density at radius 1 is 0.127 bits per heavy atom. The van der Waals surface area contributed by atoms with E-state index in [9.17, 15) is 0 Å². The van der Waals surface area contributed by atoms with Gasteiger partial charge in [0.2, 0.25) is 17.8 Å². The van der Waals surface area contributed by atoms with Gasteiger partial charge in [0.25, 0.3) is 0 Å². The second kappa shape index (κ2) is 30.6. The molecule has 0 saturated carbocycles. The minimum Gasteiger partial charge on any atom is -0.308 e. The number of hydrogen-bond donors (Lipinski definition) is 0. The zero-order valence-electron chi connectivity index (χ0n) is 80.4. The van der Waals surface area contributed by atoms with E-state index in [1.807, 2.05) is 0 Å². The smallest absolute Gasteiger partial charge is 0.235 e. The average molecular weight is 1900 g/mol. The molecule has 0 amide bonds. The monoisotopic (exact) mass is 1900 g/mol. The normalized spacial score (nSPS) is 12.4. The van der Waals surface area contributed by atoms with Gasteiger partial charge < -0.3 is 13.2 Å². The Kier molecular flexibility index (Phi) is 16.6. The Morgan fingerprint density at radius 2 is 0.380 bits per heavy atom. The molecule has 690 valence electrons. The molecule has 12 heterocycles. The lowest BCUT2D eigenvalue weighted by atomic mass is 10.0. The topological polar surface area (TPSA) is 105 Å². The first-order chi connectivity index (χ1) is 74.5. The number of aromatic nitrogens is 12. The van der Waals surface area contributed by atoms with Crippen LogP contribution in [0.3, 0.4) is 0 Å². The summed E-state index contributed by atoms with van der Waals surface area (Å²) in [6, 6.07) is 171. The van der Waals surface area contributed by atoms with Crippen LogP contribution in [0.5, 0.6) is 0 Å². The third-order valence-electron chi connectivity index (χ3n) is 32.5. The van der Waals surface area contributed by atoms with E-state index in [0.29, 0.717) is 17.8 Å². The molecular formula is C138H78N12. The molecule has 0 aliphatic rings. The highest BCUT2D eigenvalue weighted by atomic mass is 15.2. The number of nitrogens with zero attached hydrogens (tertiary/aromatic N) is 12. The maximum absolute atomic E-state index is 5.48. The van der Waals surface area contributed by atoms with Crippen molar-refractivity contribution in [2.75, 3.05) is 0 Å². The number of rotatable bonds is 6. The van der Waals surface area contributed by atoms with Crippen LogP contribution >= 0.6 is 0 Å². The van der Waals surface area contributed by atoms with Crippen molar-refractivity contribution in [3.63, 3.8) is 0 Å². The van der Waals surface area contributed by atoms with Gasteiger partial charge in [-0.3, -0.25) is 13.7 Å². The molecular weight excluding hydrogens is 1830 g/mol. The summed E-state index contributed by atoms with van der Waals surface area (Å²) in [7, 11) is 0. The van der Waals surface area contributed by atoms with Crippen molar-refractivity contribution in [3.8, 4) is 51.6 Å². The molecule has 36 rings (SSSR count). The predicted octanol–water partition coefficient (Wildman–Crippen LogP) is 35.6. The first-order valence-electron chi connectivity index (χ1n) is 51.3. The van der Waals surface area contributed by atoms with Crippen LogP contribution < -0.4 is 0 Å². The molecule has 36 aromatic rings. The molecule has 0 bridgehead atoms. The third-order valence-corrected chi connectivity index (χ3v) is 32.5. The van der Waals surface area contributed by atoms with Gasteiger partial charge >= 0.3 is 0 Å². The van der Waals surface area contributed by atoms with Gasteiger partial charge in [-0.15, -0.1) is 0 Å². The van der Waals surface area contributed by atoms with Crippen LogP contribution in [0.15, 0.2) is 473 Å². The van der Waals surface area contributed by atoms with E-state index in [4.69, 9.17) is 29.9 Å². The van der Waals surface area contributed by atoms with Gasteiger partial charge in [0, 0.05) is 119 Å². The standard InChI is InChI=1S/3C46H26N4/c1-2-13-29(14-3-1)44-41-31-16-7-5-11-27(31)23-25-35(41)47-46(48-44)50-36-20-9-17-32-33-18-8-19-34-40-30-15-6-4-12-28(30)24-26-39(40)49(45(33)34)37-21-10-22-38(50)43(37)42(32)36;1-2-13-29(14-3-1)43-40-30-15-6-4-11-27(30)24-26-36(40)47-46(48-43)49-37-20-9-17-32-33-18-8-19-34-35-25-23-28-12-5-7-16-31(28)44(35)50(45(33)34)39-22-10-21-38(49)42(39)41(32)37;1-2-12-28(13-3-1)44-41-31-16-7-6-11-27(31)23-24-36(41)47-46(48-44)50-37-20-9-17-32-33-18-8-19-34-35-25-29-14-4-5-15-30(29)26-40(35)49(45(33)34)38-21-10-22-39(50)43(38)42(32)37/h3*1-26H. The third kappa shape index (κ3) is 11.1. The second-order valence-corrected chi connectivity index (χ2v) is 40.1. The summed E-state index contributed by atoms with van der Waals surface area (Å²) < 4.78 is 14.4. The zero-order valence-corrected chi connectivity index (χ0v) is 80.4. The number of para-hydroxylation sites is 3. The zero-order chi connectivity index (χ0) is 97.5. The summed E-state index contributed by atoms with van der Waals surface area (Å²) in [6.45, 7) is 0. The van der Waals surface area contributed by atoms with E-state index in [1.54, 1.807) is 0 Å². The first-order valence-corrected chi connectivity index (χ1v) is 51.3. The molecule has 0 spiro atoms. The lowest BCUT2D eigenvalue weighted by Crippen LogP contribution is -2.04. The van der Waals surface area contributed by atoms with Crippen molar-refractivity contribution in [1.82, 2.24) is 56.8 Å². The second-order valence-electron chi connectivity index (χ2n) is 40.1. The summed E-state index contributed by atoms with van der Waals surface area (Å²) in [5, 5.41) is 40.1. The lowest BCUT2D eigenvalue weighted by Gasteiger charge is -2.14. The Balaban J connectivity index is 0.0000000957. The van der Waals surface area contributed by atoms with Gasteiger partial charge in [0.05, 0.1) is 116 Å². The van der Waals surface area contributed by atoms with Gasteiger partial charge in [-0.2, -0.15) is 0 Å². The fourth-order valence-electron chi connectivity index (χ4n) is 26.3. The molecule has 12 heteroatoms. The predicted molar refractivity (Wildman–Crippen MR) is 627 cm³/mol. The minimum atomic E-state index is 0.669. The Bertz CT molecular complexity index is 12000. The molecule has 0 saturated heterocycles. The highest BCUT2D eigenvalue weighted by Gasteiger charge is 2.31. The van der Waals surface area contributed by atoms with E-state index in [2.05, 4.69) is 500 Å². The molecule has 0 aliphatic heterocycles. The summed E-state index contributed by atoms with van der Waals surface area (Å²) in [5.74, 6) is 2.01. The van der Waals surface area contributed by atoms with Crippen molar-refractivity contribution in [2.24, 2.45) is 0 Å². The van der Waals surface area contributed by atoms with E-state index >= 15 is 0 Å². The van der Waals surface area contributed by atoms with E-state index in [1.165, 1.54) is 195 Å². The number of benzene rings is 24. The molecule has 0 atom stereocenters. The fourth-order valence-corrected chi connectivity index (χ4v) is 26.3.